The summed E-state index contributed by atoms with van der Waals surface area (Å²) in [5, 5.41) is -0.0433. The molecule has 0 amide bonds. The number of alkyl halides is 1. The molecular formula is C16H21ClN2. The molecule has 2 nitrogen and oxygen atoms in total. The molecule has 0 bridgehead atoms. The third-order valence-electron chi connectivity index (χ3n) is 4.26. The lowest BCUT2D eigenvalue weighted by atomic mass is 10.1. The summed E-state index contributed by atoms with van der Waals surface area (Å²) in [5.74, 6) is 2.63. The lowest BCUT2D eigenvalue weighted by Gasteiger charge is -2.15. The van der Waals surface area contributed by atoms with Crippen LogP contribution in [0.2, 0.25) is 0 Å². The molecule has 1 aromatic carbocycles. The highest BCUT2D eigenvalue weighted by atomic mass is 35.5. The highest BCUT2D eigenvalue weighted by molar-refractivity contribution is 6.20. The average Bonchev–Trinajstić information content (AvgIpc) is 3.14. The number of para-hydroxylation sites is 1. The maximum atomic E-state index is 6.33. The van der Waals surface area contributed by atoms with Crippen molar-refractivity contribution in [1.29, 1.82) is 0 Å². The van der Waals surface area contributed by atoms with Crippen molar-refractivity contribution in [3.63, 3.8) is 0 Å². The molecule has 1 aliphatic rings. The van der Waals surface area contributed by atoms with Crippen LogP contribution in [-0.4, -0.2) is 9.55 Å². The number of fused-ring (bicyclic) bond motifs is 1. The quantitative estimate of drug-likeness (QED) is 0.741. The second-order valence-electron chi connectivity index (χ2n) is 5.95. The molecule has 0 N–H and O–H groups in total. The molecule has 1 aliphatic carbocycles. The van der Waals surface area contributed by atoms with Crippen molar-refractivity contribution >= 4 is 22.6 Å². The first kappa shape index (κ1) is 13.0. The number of halogens is 1. The summed E-state index contributed by atoms with van der Waals surface area (Å²) in [5.41, 5.74) is 3.57. The Morgan fingerprint density at radius 3 is 2.74 bits per heavy atom. The van der Waals surface area contributed by atoms with Crippen molar-refractivity contribution in [2.45, 2.75) is 45.5 Å². The smallest absolute Gasteiger partial charge is 0.127 e. The first-order valence-electron chi connectivity index (χ1n) is 7.17. The second kappa shape index (κ2) is 4.82. The second-order valence-corrected chi connectivity index (χ2v) is 6.61. The summed E-state index contributed by atoms with van der Waals surface area (Å²) in [6.07, 6.45) is 2.77. The number of benzene rings is 1. The zero-order chi connectivity index (χ0) is 13.6. The molecule has 3 heteroatoms. The lowest BCUT2D eigenvalue weighted by Crippen LogP contribution is -2.12. The summed E-state index contributed by atoms with van der Waals surface area (Å²) in [4.78, 5) is 4.78. The largest absolute Gasteiger partial charge is 0.326 e. The van der Waals surface area contributed by atoms with Crippen molar-refractivity contribution in [1.82, 2.24) is 9.55 Å². The Kier molecular flexibility index (Phi) is 3.30. The first-order chi connectivity index (χ1) is 9.08. The highest BCUT2D eigenvalue weighted by Crippen LogP contribution is 2.38. The monoisotopic (exact) mass is 276 g/mol. The minimum atomic E-state index is -0.0433. The Bertz CT molecular complexity index is 596. The molecule has 2 unspecified atom stereocenters. The lowest BCUT2D eigenvalue weighted by molar-refractivity contribution is 0.428. The molecular weight excluding hydrogens is 256 g/mol. The molecule has 102 valence electrons. The van der Waals surface area contributed by atoms with Gasteiger partial charge in [-0.25, -0.2) is 4.98 Å². The SMILES string of the molecule is Cc1cccc2c1nc(C(C)Cl)n2CC(C)C1CC1. The van der Waals surface area contributed by atoms with E-state index in [2.05, 4.69) is 36.6 Å². The van der Waals surface area contributed by atoms with Crippen LogP contribution >= 0.6 is 11.6 Å². The number of hydrogen-bond acceptors (Lipinski definition) is 1. The van der Waals surface area contributed by atoms with Crippen LogP contribution in [0.5, 0.6) is 0 Å². The van der Waals surface area contributed by atoms with Crippen LogP contribution in [0.1, 0.15) is 43.5 Å². The average molecular weight is 277 g/mol. The van der Waals surface area contributed by atoms with Gasteiger partial charge in [0.25, 0.3) is 0 Å². The van der Waals surface area contributed by atoms with E-state index in [1.165, 1.54) is 23.9 Å². The van der Waals surface area contributed by atoms with Gasteiger partial charge in [0.2, 0.25) is 0 Å². The Morgan fingerprint density at radius 1 is 1.37 bits per heavy atom. The molecule has 1 heterocycles. The van der Waals surface area contributed by atoms with Crippen LogP contribution in [0, 0.1) is 18.8 Å². The summed E-state index contributed by atoms with van der Waals surface area (Å²) >= 11 is 6.33. The number of aromatic nitrogens is 2. The molecule has 0 radical (unpaired) electrons. The van der Waals surface area contributed by atoms with Gasteiger partial charge in [-0.2, -0.15) is 0 Å². The van der Waals surface area contributed by atoms with E-state index >= 15 is 0 Å². The van der Waals surface area contributed by atoms with E-state index in [1.54, 1.807) is 0 Å². The van der Waals surface area contributed by atoms with Crippen LogP contribution in [0.15, 0.2) is 18.2 Å². The van der Waals surface area contributed by atoms with E-state index in [1.807, 2.05) is 6.92 Å². The van der Waals surface area contributed by atoms with Crippen LogP contribution in [-0.2, 0) is 6.54 Å². The van der Waals surface area contributed by atoms with Crippen LogP contribution in [0.4, 0.5) is 0 Å². The van der Waals surface area contributed by atoms with Gasteiger partial charge < -0.3 is 4.57 Å². The van der Waals surface area contributed by atoms with E-state index in [0.29, 0.717) is 5.92 Å². The van der Waals surface area contributed by atoms with E-state index in [9.17, 15) is 0 Å². The molecule has 19 heavy (non-hydrogen) atoms. The van der Waals surface area contributed by atoms with E-state index in [-0.39, 0.29) is 5.38 Å². The Balaban J connectivity index is 2.08. The standard InChI is InChI=1S/C16H21ClN2/c1-10-5-4-6-14-15(10)18-16(12(3)17)19(14)9-11(2)13-7-8-13/h4-6,11-13H,7-9H2,1-3H3. The van der Waals surface area contributed by atoms with Gasteiger partial charge in [-0.15, -0.1) is 11.6 Å². The Morgan fingerprint density at radius 2 is 2.11 bits per heavy atom. The number of nitrogens with zero attached hydrogens (tertiary/aromatic N) is 2. The van der Waals surface area contributed by atoms with Gasteiger partial charge in [-0.3, -0.25) is 0 Å². The molecule has 1 fully saturated rings. The Labute approximate surface area is 119 Å². The fourth-order valence-electron chi connectivity index (χ4n) is 2.90. The van der Waals surface area contributed by atoms with Crippen molar-refractivity contribution in [2.24, 2.45) is 11.8 Å². The van der Waals surface area contributed by atoms with Crippen LogP contribution < -0.4 is 0 Å². The van der Waals surface area contributed by atoms with Gasteiger partial charge >= 0.3 is 0 Å². The van der Waals surface area contributed by atoms with E-state index in [4.69, 9.17) is 16.6 Å². The normalized spacial score (nSPS) is 18.7. The van der Waals surface area contributed by atoms with Crippen LogP contribution in [0.3, 0.4) is 0 Å². The molecule has 0 saturated heterocycles. The maximum Gasteiger partial charge on any atom is 0.127 e. The molecule has 0 aliphatic heterocycles. The molecule has 2 atom stereocenters. The predicted molar refractivity (Wildman–Crippen MR) is 80.6 cm³/mol. The number of imidazole rings is 1. The van der Waals surface area contributed by atoms with Gasteiger partial charge in [0.15, 0.2) is 0 Å². The number of aryl methyl sites for hydroxylation is 1. The first-order valence-corrected chi connectivity index (χ1v) is 7.61. The van der Waals surface area contributed by atoms with E-state index in [0.717, 1.165) is 23.8 Å². The minimum Gasteiger partial charge on any atom is -0.326 e. The summed E-state index contributed by atoms with van der Waals surface area (Å²) in [7, 11) is 0. The molecule has 0 spiro atoms. The fourth-order valence-corrected chi connectivity index (χ4v) is 3.07. The minimum absolute atomic E-state index is 0.0433. The fraction of sp³-hybridized carbons (Fsp3) is 0.562. The molecule has 1 aromatic heterocycles. The molecule has 1 saturated carbocycles. The number of rotatable bonds is 4. The third-order valence-corrected chi connectivity index (χ3v) is 4.46. The predicted octanol–water partition coefficient (Wildman–Crippen LogP) is 4.69. The maximum absolute atomic E-state index is 6.33. The van der Waals surface area contributed by atoms with Crippen molar-refractivity contribution in [3.8, 4) is 0 Å². The number of hydrogen-bond donors (Lipinski definition) is 0. The van der Waals surface area contributed by atoms with Gasteiger partial charge in [0.1, 0.15) is 5.82 Å². The summed E-state index contributed by atoms with van der Waals surface area (Å²) < 4.78 is 2.34. The summed E-state index contributed by atoms with van der Waals surface area (Å²) in [6, 6.07) is 6.39. The van der Waals surface area contributed by atoms with Gasteiger partial charge in [-0.05, 0) is 50.2 Å². The van der Waals surface area contributed by atoms with Crippen molar-refractivity contribution in [2.75, 3.05) is 0 Å². The van der Waals surface area contributed by atoms with Crippen molar-refractivity contribution in [3.05, 3.63) is 29.6 Å². The Hall–Kier alpha value is -1.02. The van der Waals surface area contributed by atoms with Gasteiger partial charge in [0, 0.05) is 6.54 Å². The van der Waals surface area contributed by atoms with Gasteiger partial charge in [0.05, 0.1) is 16.4 Å². The van der Waals surface area contributed by atoms with Crippen LogP contribution in [0.25, 0.3) is 11.0 Å². The molecule has 3 rings (SSSR count). The zero-order valence-electron chi connectivity index (χ0n) is 11.9. The highest BCUT2D eigenvalue weighted by Gasteiger charge is 2.29. The van der Waals surface area contributed by atoms with Gasteiger partial charge in [-0.1, -0.05) is 19.1 Å². The molecule has 2 aromatic rings. The topological polar surface area (TPSA) is 17.8 Å². The summed E-state index contributed by atoms with van der Waals surface area (Å²) in [6.45, 7) is 7.52. The zero-order valence-corrected chi connectivity index (χ0v) is 12.6. The third kappa shape index (κ3) is 2.38. The van der Waals surface area contributed by atoms with E-state index < -0.39 is 0 Å². The van der Waals surface area contributed by atoms with Crippen molar-refractivity contribution < 1.29 is 0 Å².